The van der Waals surface area contributed by atoms with Crippen LogP contribution in [-0.4, -0.2) is 18.7 Å². The molecular weight excluding hydrogens is 237 g/mol. The van der Waals surface area contributed by atoms with Crippen LogP contribution >= 0.6 is 0 Å². The molecule has 1 aromatic carbocycles. The zero-order valence-corrected chi connectivity index (χ0v) is 10.4. The summed E-state index contributed by atoms with van der Waals surface area (Å²) in [5, 5.41) is 0. The number of ether oxygens (including phenoxy) is 2. The zero-order chi connectivity index (χ0) is 13.3. The van der Waals surface area contributed by atoms with E-state index in [2.05, 4.69) is 0 Å². The Morgan fingerprint density at radius 2 is 2.39 bits per heavy atom. The van der Waals surface area contributed by atoms with E-state index in [1.54, 1.807) is 6.92 Å². The van der Waals surface area contributed by atoms with Crippen molar-refractivity contribution in [2.45, 2.75) is 31.9 Å². The Labute approximate surface area is 105 Å². The van der Waals surface area contributed by atoms with Crippen molar-refractivity contribution in [1.82, 2.24) is 0 Å². The van der Waals surface area contributed by atoms with Crippen LogP contribution in [0.1, 0.15) is 25.8 Å². The van der Waals surface area contributed by atoms with E-state index in [0.717, 1.165) is 0 Å². The second-order valence-electron chi connectivity index (χ2n) is 4.46. The van der Waals surface area contributed by atoms with Gasteiger partial charge in [0.1, 0.15) is 17.1 Å². The van der Waals surface area contributed by atoms with Crippen molar-refractivity contribution < 1.29 is 18.7 Å². The number of benzene rings is 1. The number of nitrogens with two attached hydrogens (primary N) is 1. The number of hydrogen-bond acceptors (Lipinski definition) is 4. The predicted molar refractivity (Wildman–Crippen MR) is 63.6 cm³/mol. The van der Waals surface area contributed by atoms with Gasteiger partial charge in [0.15, 0.2) is 0 Å². The third kappa shape index (κ3) is 2.06. The van der Waals surface area contributed by atoms with Crippen LogP contribution in [0.15, 0.2) is 18.2 Å². The van der Waals surface area contributed by atoms with E-state index in [0.29, 0.717) is 11.3 Å². The molecule has 4 nitrogen and oxygen atoms in total. The average molecular weight is 253 g/mol. The van der Waals surface area contributed by atoms with Gasteiger partial charge in [-0.25, -0.2) is 9.18 Å². The number of fused-ring (bicyclic) bond motifs is 1. The lowest BCUT2D eigenvalue weighted by Crippen LogP contribution is -2.51. The van der Waals surface area contributed by atoms with E-state index < -0.39 is 17.3 Å². The SMILES string of the molecule is CCOC(=O)C1(N)CC(C)Oc2ccc(F)cc21. The molecule has 2 rings (SSSR count). The molecule has 1 heterocycles. The van der Waals surface area contributed by atoms with E-state index in [4.69, 9.17) is 15.2 Å². The first kappa shape index (κ1) is 12.8. The van der Waals surface area contributed by atoms with Gasteiger partial charge in [0, 0.05) is 12.0 Å². The van der Waals surface area contributed by atoms with Crippen molar-refractivity contribution in [2.24, 2.45) is 5.73 Å². The van der Waals surface area contributed by atoms with Crippen LogP contribution in [0, 0.1) is 5.82 Å². The predicted octanol–water partition coefficient (Wildman–Crippen LogP) is 1.71. The summed E-state index contributed by atoms with van der Waals surface area (Å²) in [4.78, 5) is 12.0. The molecule has 0 saturated carbocycles. The van der Waals surface area contributed by atoms with Crippen LogP contribution in [-0.2, 0) is 15.1 Å². The molecule has 0 aromatic heterocycles. The lowest BCUT2D eigenvalue weighted by Gasteiger charge is -2.36. The fourth-order valence-corrected chi connectivity index (χ4v) is 2.23. The van der Waals surface area contributed by atoms with Gasteiger partial charge in [0.2, 0.25) is 0 Å². The fourth-order valence-electron chi connectivity index (χ4n) is 2.23. The van der Waals surface area contributed by atoms with Crippen LogP contribution in [0.4, 0.5) is 4.39 Å². The van der Waals surface area contributed by atoms with Crippen molar-refractivity contribution in [3.63, 3.8) is 0 Å². The van der Waals surface area contributed by atoms with Crippen LogP contribution in [0.25, 0.3) is 0 Å². The van der Waals surface area contributed by atoms with Crippen molar-refractivity contribution in [2.75, 3.05) is 6.61 Å². The van der Waals surface area contributed by atoms with Gasteiger partial charge in [0.25, 0.3) is 0 Å². The highest BCUT2D eigenvalue weighted by Crippen LogP contribution is 2.38. The zero-order valence-electron chi connectivity index (χ0n) is 10.4. The van der Waals surface area contributed by atoms with Crippen molar-refractivity contribution in [1.29, 1.82) is 0 Å². The highest BCUT2D eigenvalue weighted by atomic mass is 19.1. The molecular formula is C13H16FNO3. The minimum absolute atomic E-state index is 0.225. The molecule has 0 radical (unpaired) electrons. The number of esters is 1. The molecule has 0 aliphatic carbocycles. The first-order valence-corrected chi connectivity index (χ1v) is 5.90. The summed E-state index contributed by atoms with van der Waals surface area (Å²) in [5.41, 5.74) is 5.14. The number of rotatable bonds is 2. The highest BCUT2D eigenvalue weighted by molar-refractivity contribution is 5.84. The Bertz CT molecular complexity index is 477. The summed E-state index contributed by atoms with van der Waals surface area (Å²) >= 11 is 0. The van der Waals surface area contributed by atoms with Gasteiger partial charge in [-0.3, -0.25) is 0 Å². The third-order valence-electron chi connectivity index (χ3n) is 3.00. The topological polar surface area (TPSA) is 61.5 Å². The quantitative estimate of drug-likeness (QED) is 0.815. The normalized spacial score (nSPS) is 26.1. The van der Waals surface area contributed by atoms with Gasteiger partial charge in [-0.1, -0.05) is 0 Å². The molecule has 2 unspecified atom stereocenters. The maximum Gasteiger partial charge on any atom is 0.331 e. The summed E-state index contributed by atoms with van der Waals surface area (Å²) in [6.45, 7) is 3.75. The first-order chi connectivity index (χ1) is 8.47. The summed E-state index contributed by atoms with van der Waals surface area (Å²) in [7, 11) is 0. The highest BCUT2D eigenvalue weighted by Gasteiger charge is 2.45. The smallest absolute Gasteiger partial charge is 0.331 e. The van der Waals surface area contributed by atoms with E-state index in [-0.39, 0.29) is 19.1 Å². The average Bonchev–Trinajstić information content (AvgIpc) is 2.30. The Balaban J connectivity index is 2.49. The fraction of sp³-hybridized carbons (Fsp3) is 0.462. The van der Waals surface area contributed by atoms with Crippen LogP contribution < -0.4 is 10.5 Å². The molecule has 0 saturated heterocycles. The Morgan fingerprint density at radius 1 is 1.67 bits per heavy atom. The molecule has 0 bridgehead atoms. The third-order valence-corrected chi connectivity index (χ3v) is 3.00. The van der Waals surface area contributed by atoms with Crippen molar-refractivity contribution in [3.05, 3.63) is 29.6 Å². The molecule has 1 aromatic rings. The molecule has 98 valence electrons. The maximum atomic E-state index is 13.3. The largest absolute Gasteiger partial charge is 0.490 e. The van der Waals surface area contributed by atoms with Gasteiger partial charge in [-0.05, 0) is 32.0 Å². The van der Waals surface area contributed by atoms with E-state index in [9.17, 15) is 9.18 Å². The molecule has 2 N–H and O–H groups in total. The van der Waals surface area contributed by atoms with Crippen LogP contribution in [0.3, 0.4) is 0 Å². The second-order valence-corrected chi connectivity index (χ2v) is 4.46. The lowest BCUT2D eigenvalue weighted by molar-refractivity contribution is -0.152. The van der Waals surface area contributed by atoms with Gasteiger partial charge >= 0.3 is 5.97 Å². The van der Waals surface area contributed by atoms with Gasteiger partial charge in [-0.15, -0.1) is 0 Å². The first-order valence-electron chi connectivity index (χ1n) is 5.90. The summed E-state index contributed by atoms with van der Waals surface area (Å²) < 4.78 is 23.9. The van der Waals surface area contributed by atoms with E-state index >= 15 is 0 Å². The van der Waals surface area contributed by atoms with Crippen molar-refractivity contribution >= 4 is 5.97 Å². The Kier molecular flexibility index (Phi) is 3.26. The molecule has 0 amide bonds. The number of carbonyl (C=O) groups excluding carboxylic acids is 1. The molecule has 0 spiro atoms. The molecule has 1 aliphatic heterocycles. The monoisotopic (exact) mass is 253 g/mol. The molecule has 18 heavy (non-hydrogen) atoms. The maximum absolute atomic E-state index is 13.3. The molecule has 1 aliphatic rings. The number of hydrogen-bond donors (Lipinski definition) is 1. The van der Waals surface area contributed by atoms with Crippen LogP contribution in [0.2, 0.25) is 0 Å². The van der Waals surface area contributed by atoms with E-state index in [1.807, 2.05) is 6.92 Å². The Hall–Kier alpha value is -1.62. The van der Waals surface area contributed by atoms with Gasteiger partial charge < -0.3 is 15.2 Å². The van der Waals surface area contributed by atoms with Gasteiger partial charge in [-0.2, -0.15) is 0 Å². The second kappa shape index (κ2) is 4.57. The van der Waals surface area contributed by atoms with Crippen molar-refractivity contribution in [3.8, 4) is 5.75 Å². The molecule has 0 fully saturated rings. The number of carbonyl (C=O) groups is 1. The number of halogens is 1. The molecule has 5 heteroatoms. The summed E-state index contributed by atoms with van der Waals surface area (Å²) in [5.74, 6) is -0.566. The summed E-state index contributed by atoms with van der Waals surface area (Å²) in [6, 6.07) is 4.00. The molecule has 2 atom stereocenters. The summed E-state index contributed by atoms with van der Waals surface area (Å²) in [6.07, 6.45) is 0.0415. The lowest BCUT2D eigenvalue weighted by atomic mass is 9.83. The van der Waals surface area contributed by atoms with Crippen LogP contribution in [0.5, 0.6) is 5.75 Å². The standard InChI is InChI=1S/C13H16FNO3/c1-3-17-12(16)13(15)7-8(2)18-11-5-4-9(14)6-10(11)13/h4-6,8H,3,7,15H2,1-2H3. The van der Waals surface area contributed by atoms with Gasteiger partial charge in [0.05, 0.1) is 12.7 Å². The Morgan fingerprint density at radius 3 is 3.06 bits per heavy atom. The minimum Gasteiger partial charge on any atom is -0.490 e. The van der Waals surface area contributed by atoms with E-state index in [1.165, 1.54) is 18.2 Å². The minimum atomic E-state index is -1.34.